The van der Waals surface area contributed by atoms with Crippen LogP contribution in [0, 0.1) is 0 Å². The van der Waals surface area contributed by atoms with Crippen molar-refractivity contribution in [3.63, 3.8) is 0 Å². The second-order valence-corrected chi connectivity index (χ2v) is 23.8. The molecule has 9 rings (SSSR count). The largest absolute Gasteiger partial charge is 0.390 e. The first-order chi connectivity index (χ1) is 38.0. The van der Waals surface area contributed by atoms with Gasteiger partial charge in [0.1, 0.15) is 14.7 Å². The van der Waals surface area contributed by atoms with Crippen LogP contribution in [0.25, 0.3) is 0 Å². The van der Waals surface area contributed by atoms with Gasteiger partial charge >= 0.3 is 9.37 Å². The van der Waals surface area contributed by atoms with Gasteiger partial charge in [0.05, 0.1) is 9.49 Å². The number of hydrogen-bond donors (Lipinski definition) is 0. The summed E-state index contributed by atoms with van der Waals surface area (Å²) in [6, 6.07) is 93.2. The summed E-state index contributed by atoms with van der Waals surface area (Å²) in [5.41, 5.74) is 7.57. The molecule has 0 saturated carbocycles. The Labute approximate surface area is 470 Å². The second kappa shape index (κ2) is 32.1. The molecule has 9 aromatic carbocycles. The molecule has 0 saturated heterocycles. The number of carbonyl (C=O) groups is 2. The first kappa shape index (κ1) is 58.0. The van der Waals surface area contributed by atoms with Crippen LogP contribution in [-0.2, 0) is 28.2 Å². The lowest BCUT2D eigenvalue weighted by Gasteiger charge is -2.35. The van der Waals surface area contributed by atoms with Crippen molar-refractivity contribution in [1.82, 2.24) is 0 Å². The number of Topliss-reactive ketones (excluding diaryl/α,β-unsaturated/α-hetero) is 1. The number of rotatable bonds is 19. The highest BCUT2D eigenvalue weighted by molar-refractivity contribution is 8.01. The van der Waals surface area contributed by atoms with E-state index in [4.69, 9.17) is 1.28 Å². The molecule has 0 bridgehead atoms. The zero-order chi connectivity index (χ0) is 55.3. The number of carbonyl (C=O) groups excluding carboxylic acids is 2. The van der Waals surface area contributed by atoms with E-state index in [1.165, 1.54) is 33.4 Å². The Morgan fingerprint density at radius 1 is 0.455 bits per heavy atom. The van der Waals surface area contributed by atoms with E-state index in [0.717, 1.165) is 33.8 Å². The Bertz CT molecular complexity index is 2980. The average Bonchev–Trinajstić information content (AvgIpc) is 3.49. The van der Waals surface area contributed by atoms with Gasteiger partial charge < -0.3 is 4.57 Å². The highest BCUT2D eigenvalue weighted by Gasteiger charge is 2.38. The minimum Gasteiger partial charge on any atom is -0.309 e. The van der Waals surface area contributed by atoms with E-state index in [1.807, 2.05) is 136 Å². The molecule has 0 radical (unpaired) electrons. The molecule has 0 aliphatic carbocycles. The zero-order valence-electron chi connectivity index (χ0n) is 44.5. The van der Waals surface area contributed by atoms with E-state index in [2.05, 4.69) is 188 Å². The summed E-state index contributed by atoms with van der Waals surface area (Å²) in [5.74, 6) is 2.03. The minimum atomic E-state index is -2.78. The summed E-state index contributed by atoms with van der Waals surface area (Å²) in [4.78, 5) is 22.4. The maximum Gasteiger partial charge on any atom is 0.390 e. The molecule has 9 heteroatoms. The van der Waals surface area contributed by atoms with Crippen LogP contribution >= 0.6 is 47.7 Å². The second-order valence-electron chi connectivity index (χ2n) is 17.6. The van der Waals surface area contributed by atoms with Crippen LogP contribution in [-0.4, -0.2) is 24.4 Å². The lowest BCUT2D eigenvalue weighted by Crippen LogP contribution is -2.26. The quantitative estimate of drug-likeness (QED) is 0.0264. The highest BCUT2D eigenvalue weighted by atomic mass is 32.2. The lowest BCUT2D eigenvalue weighted by molar-refractivity contribution is -0.116. The molecule has 0 aliphatic rings. The van der Waals surface area contributed by atoms with Crippen LogP contribution < -0.4 is 15.9 Å². The SMILES string of the molecule is CC(=O)/C=C\CCSC(c1ccccc1)(c1ccccc1)c1ccccc1.CC(=O)C/C=C/CSC(c1ccccc1)(c1ccccc1)c1ccccc1.O=P(c1ccccc1)(c1ccccc1)c1ccccc1.[3H][P+](=O)P. The number of ketones is 2. The summed E-state index contributed by atoms with van der Waals surface area (Å²) in [6.45, 7) is 3.21. The smallest absolute Gasteiger partial charge is 0.309 e. The van der Waals surface area contributed by atoms with E-state index in [1.54, 1.807) is 19.9 Å². The Balaban J connectivity index is 0.000000185. The highest BCUT2D eigenvalue weighted by Crippen LogP contribution is 2.50. The predicted molar refractivity (Wildman–Crippen MR) is 337 cm³/mol. The van der Waals surface area contributed by atoms with Gasteiger partial charge in [0.2, 0.25) is 0 Å². The van der Waals surface area contributed by atoms with Crippen LogP contribution in [0.2, 0.25) is 0 Å². The fraction of sp³-hybridized carbons (Fsp3) is 0.118. The van der Waals surface area contributed by atoms with Crippen molar-refractivity contribution >= 4 is 75.2 Å². The van der Waals surface area contributed by atoms with Crippen LogP contribution in [0.3, 0.4) is 0 Å². The molecule has 0 aliphatic heterocycles. The molecule has 0 fully saturated rings. The number of allylic oxidation sites excluding steroid dienone is 3. The van der Waals surface area contributed by atoms with Crippen molar-refractivity contribution in [1.29, 1.82) is 1.28 Å². The Hall–Kier alpha value is -6.74. The third kappa shape index (κ3) is 16.6. The van der Waals surface area contributed by atoms with Crippen LogP contribution in [0.15, 0.2) is 297 Å². The predicted octanol–water partition coefficient (Wildman–Crippen LogP) is 16.6. The minimum absolute atomic E-state index is 0.0976. The molecule has 2 atom stereocenters. The molecule has 4 nitrogen and oxygen atoms in total. The van der Waals surface area contributed by atoms with Gasteiger partial charge in [-0.2, -0.15) is 0 Å². The third-order valence-electron chi connectivity index (χ3n) is 12.4. The topological polar surface area (TPSA) is 68.3 Å². The van der Waals surface area contributed by atoms with Gasteiger partial charge in [-0.1, -0.05) is 296 Å². The molecule has 77 heavy (non-hydrogen) atoms. The van der Waals surface area contributed by atoms with Crippen molar-refractivity contribution in [2.45, 2.75) is 36.2 Å². The van der Waals surface area contributed by atoms with E-state index < -0.39 is 15.2 Å². The van der Waals surface area contributed by atoms with Crippen LogP contribution in [0.4, 0.5) is 0 Å². The fourth-order valence-corrected chi connectivity index (χ4v) is 14.4. The third-order valence-corrected chi connectivity index (χ3v) is 18.5. The molecule has 0 heterocycles. The number of benzene rings is 9. The molecular weight excluding hydrogens is 1040 g/mol. The standard InChI is InChI=1S/2C25H24OS.C18H15OP.H2OP2/c2*1-21(26)13-11-12-20-27-25(22-14-5-2-6-15-22,23-16-7-3-8-17-23)24-18-9-4-10-19-24;19-20(16-10-4-1-5-11-16,17-12-6-2-7-13-17)18-14-8-3-9-15-18;1-3-2/h2-11,13-19H,12,20H2,1H3;2-12,14-19H,13,20H2,1H3;1-15H;2H2/p+1/b13-11-;12-11+;;/i/hT. The molecule has 0 amide bonds. The maximum absolute atomic E-state index is 13.8. The first-order valence-corrected chi connectivity index (χ1v) is 31.5. The van der Waals surface area contributed by atoms with Crippen molar-refractivity contribution < 1.29 is 18.7 Å². The Morgan fingerprint density at radius 2 is 0.714 bits per heavy atom. The molecule has 0 spiro atoms. The molecule has 9 aromatic rings. The van der Waals surface area contributed by atoms with E-state index in [9.17, 15) is 18.7 Å². The molecule has 388 valence electrons. The van der Waals surface area contributed by atoms with Gasteiger partial charge in [0.25, 0.3) is 0 Å². The van der Waals surface area contributed by atoms with Gasteiger partial charge in [0, 0.05) is 28.1 Å². The molecular formula is C68H66O4P3S2+. The molecule has 0 aromatic heterocycles. The van der Waals surface area contributed by atoms with Crippen molar-refractivity contribution in [2.75, 3.05) is 11.5 Å². The maximum atomic E-state index is 13.8. The van der Waals surface area contributed by atoms with Gasteiger partial charge in [0.15, 0.2) is 12.9 Å². The Kier molecular flexibility index (Phi) is 24.2. The van der Waals surface area contributed by atoms with Gasteiger partial charge in [-0.3, -0.25) is 9.59 Å². The first-order valence-electron chi connectivity index (χ1n) is 25.9. The summed E-state index contributed by atoms with van der Waals surface area (Å²) >= 11 is 3.80. The van der Waals surface area contributed by atoms with E-state index >= 15 is 0 Å². The van der Waals surface area contributed by atoms with Crippen molar-refractivity contribution in [3.05, 3.63) is 331 Å². The zero-order valence-corrected chi connectivity index (χ0v) is 48.1. The van der Waals surface area contributed by atoms with E-state index in [0.29, 0.717) is 6.42 Å². The summed E-state index contributed by atoms with van der Waals surface area (Å²) < 4.78 is 28.5. The van der Waals surface area contributed by atoms with Crippen LogP contribution in [0.1, 0.15) is 60.1 Å². The molecule has 0 N–H and O–H groups in total. The normalized spacial score (nSPS) is 11.6. The van der Waals surface area contributed by atoms with Crippen molar-refractivity contribution in [3.8, 4) is 0 Å². The Morgan fingerprint density at radius 3 is 0.974 bits per heavy atom. The average molecular weight is 1110 g/mol. The van der Waals surface area contributed by atoms with Crippen LogP contribution in [0.5, 0.6) is 0 Å². The lowest BCUT2D eigenvalue weighted by atomic mass is 9.84. The van der Waals surface area contributed by atoms with E-state index in [-0.39, 0.29) is 21.1 Å². The number of hydrogen-bond acceptors (Lipinski definition) is 6. The van der Waals surface area contributed by atoms with Gasteiger partial charge in [-0.05, 0) is 65.5 Å². The fourth-order valence-electron chi connectivity index (χ4n) is 8.92. The van der Waals surface area contributed by atoms with Gasteiger partial charge in [-0.15, -0.1) is 23.5 Å². The van der Waals surface area contributed by atoms with Gasteiger partial charge in [-0.25, -0.2) is 0 Å². The van der Waals surface area contributed by atoms with Crippen molar-refractivity contribution in [2.24, 2.45) is 0 Å². The summed E-state index contributed by atoms with van der Waals surface area (Å²) in [7, 11) is -2.65. The summed E-state index contributed by atoms with van der Waals surface area (Å²) in [6.07, 6.45) is 9.07. The monoisotopic (exact) mass is 1110 g/mol. The molecule has 2 unspecified atom stereocenters. The number of thioether (sulfide) groups is 2. The summed E-state index contributed by atoms with van der Waals surface area (Å²) in [5, 5.41) is 2.62.